The Hall–Kier alpha value is -0.480. The Morgan fingerprint density at radius 3 is 2.46 bits per heavy atom. The van der Waals surface area contributed by atoms with Crippen molar-refractivity contribution in [2.24, 2.45) is 11.3 Å². The fourth-order valence-electron chi connectivity index (χ4n) is 2.09. The standard InChI is InChI=1S/C12H20O/c1-4-5-11(13)10-6-8-12(2,3)9-7-10/h1,10-11,13H,5-9H2,2-3H3. The summed E-state index contributed by atoms with van der Waals surface area (Å²) in [5, 5.41) is 9.70. The molecule has 0 bridgehead atoms. The summed E-state index contributed by atoms with van der Waals surface area (Å²) in [5.74, 6) is 2.98. The number of hydrogen-bond acceptors (Lipinski definition) is 1. The van der Waals surface area contributed by atoms with E-state index in [1.165, 1.54) is 12.8 Å². The number of terminal acetylenes is 1. The van der Waals surface area contributed by atoms with Crippen LogP contribution in [0.2, 0.25) is 0 Å². The molecule has 0 aromatic rings. The van der Waals surface area contributed by atoms with E-state index in [0.29, 0.717) is 17.8 Å². The molecule has 0 aliphatic heterocycles. The second-order valence-corrected chi connectivity index (χ2v) is 4.98. The van der Waals surface area contributed by atoms with Crippen molar-refractivity contribution in [1.82, 2.24) is 0 Å². The van der Waals surface area contributed by atoms with Crippen molar-refractivity contribution in [3.63, 3.8) is 0 Å². The van der Waals surface area contributed by atoms with Gasteiger partial charge in [0, 0.05) is 6.42 Å². The van der Waals surface area contributed by atoms with Crippen LogP contribution in [0.3, 0.4) is 0 Å². The Balaban J connectivity index is 2.37. The van der Waals surface area contributed by atoms with E-state index in [4.69, 9.17) is 6.42 Å². The average molecular weight is 180 g/mol. The molecule has 0 aromatic heterocycles. The zero-order valence-corrected chi connectivity index (χ0v) is 8.71. The third-order valence-corrected chi connectivity index (χ3v) is 3.25. The van der Waals surface area contributed by atoms with Crippen molar-refractivity contribution in [3.05, 3.63) is 0 Å². The third kappa shape index (κ3) is 3.04. The van der Waals surface area contributed by atoms with E-state index in [0.717, 1.165) is 12.8 Å². The lowest BCUT2D eigenvalue weighted by Gasteiger charge is -2.35. The van der Waals surface area contributed by atoms with Gasteiger partial charge >= 0.3 is 0 Å². The van der Waals surface area contributed by atoms with E-state index >= 15 is 0 Å². The molecule has 1 aliphatic carbocycles. The van der Waals surface area contributed by atoms with Gasteiger partial charge in [0.15, 0.2) is 0 Å². The van der Waals surface area contributed by atoms with E-state index in [2.05, 4.69) is 19.8 Å². The van der Waals surface area contributed by atoms with E-state index in [9.17, 15) is 5.11 Å². The molecule has 0 radical (unpaired) electrons. The van der Waals surface area contributed by atoms with Crippen molar-refractivity contribution in [2.45, 2.75) is 52.1 Å². The predicted molar refractivity (Wildman–Crippen MR) is 55.2 cm³/mol. The maximum absolute atomic E-state index is 9.70. The highest BCUT2D eigenvalue weighted by atomic mass is 16.3. The quantitative estimate of drug-likeness (QED) is 0.648. The maximum Gasteiger partial charge on any atom is 0.0677 e. The molecule has 0 spiro atoms. The van der Waals surface area contributed by atoms with Crippen molar-refractivity contribution in [3.8, 4) is 12.3 Å². The summed E-state index contributed by atoms with van der Waals surface area (Å²) in [4.78, 5) is 0. The Kier molecular flexibility index (Phi) is 3.39. The van der Waals surface area contributed by atoms with Crippen molar-refractivity contribution >= 4 is 0 Å². The van der Waals surface area contributed by atoms with Crippen LogP contribution < -0.4 is 0 Å². The van der Waals surface area contributed by atoms with Gasteiger partial charge < -0.3 is 5.11 Å². The number of aliphatic hydroxyl groups excluding tert-OH is 1. The predicted octanol–water partition coefficient (Wildman–Crippen LogP) is 2.59. The van der Waals surface area contributed by atoms with Crippen LogP contribution in [0.15, 0.2) is 0 Å². The van der Waals surface area contributed by atoms with Crippen molar-refractivity contribution in [2.75, 3.05) is 0 Å². The van der Waals surface area contributed by atoms with Gasteiger partial charge in [0.05, 0.1) is 6.10 Å². The molecule has 1 nitrogen and oxygen atoms in total. The molecule has 1 heteroatoms. The Morgan fingerprint density at radius 1 is 1.46 bits per heavy atom. The molecular weight excluding hydrogens is 160 g/mol. The lowest BCUT2D eigenvalue weighted by Crippen LogP contribution is -2.28. The van der Waals surface area contributed by atoms with Gasteiger partial charge in [-0.15, -0.1) is 12.3 Å². The Labute approximate surface area is 81.5 Å². The molecule has 1 fully saturated rings. The first-order valence-corrected chi connectivity index (χ1v) is 5.17. The van der Waals surface area contributed by atoms with Crippen LogP contribution in [0.25, 0.3) is 0 Å². The van der Waals surface area contributed by atoms with E-state index in [1.54, 1.807) is 0 Å². The molecule has 1 saturated carbocycles. The number of hydrogen-bond donors (Lipinski definition) is 1. The van der Waals surface area contributed by atoms with Crippen LogP contribution >= 0.6 is 0 Å². The molecule has 0 aromatic carbocycles. The summed E-state index contributed by atoms with van der Waals surface area (Å²) in [5.41, 5.74) is 0.479. The van der Waals surface area contributed by atoms with Crippen LogP contribution in [0.5, 0.6) is 0 Å². The Bertz CT molecular complexity index is 190. The van der Waals surface area contributed by atoms with Gasteiger partial charge in [-0.25, -0.2) is 0 Å². The lowest BCUT2D eigenvalue weighted by molar-refractivity contribution is 0.0608. The minimum atomic E-state index is -0.263. The fraction of sp³-hybridized carbons (Fsp3) is 0.833. The van der Waals surface area contributed by atoms with Gasteiger partial charge in [-0.1, -0.05) is 13.8 Å². The zero-order valence-electron chi connectivity index (χ0n) is 8.71. The summed E-state index contributed by atoms with van der Waals surface area (Å²) in [6.45, 7) is 4.60. The molecule has 1 aliphatic rings. The largest absolute Gasteiger partial charge is 0.392 e. The van der Waals surface area contributed by atoms with Crippen LogP contribution in [0.1, 0.15) is 46.0 Å². The Morgan fingerprint density at radius 2 is 2.00 bits per heavy atom. The van der Waals surface area contributed by atoms with Crippen LogP contribution in [-0.2, 0) is 0 Å². The molecule has 0 saturated heterocycles. The van der Waals surface area contributed by atoms with Gasteiger partial charge in [-0.2, -0.15) is 0 Å². The molecular formula is C12H20O. The van der Waals surface area contributed by atoms with Crippen molar-refractivity contribution < 1.29 is 5.11 Å². The van der Waals surface area contributed by atoms with Crippen LogP contribution in [0, 0.1) is 23.7 Å². The van der Waals surface area contributed by atoms with Gasteiger partial charge in [0.25, 0.3) is 0 Å². The second-order valence-electron chi connectivity index (χ2n) is 4.98. The first-order valence-electron chi connectivity index (χ1n) is 5.17. The average Bonchev–Trinajstić information content (AvgIpc) is 2.04. The highest BCUT2D eigenvalue weighted by Crippen LogP contribution is 2.39. The van der Waals surface area contributed by atoms with E-state index in [1.807, 2.05) is 0 Å². The van der Waals surface area contributed by atoms with Gasteiger partial charge in [-0.05, 0) is 37.0 Å². The van der Waals surface area contributed by atoms with Crippen LogP contribution in [0.4, 0.5) is 0 Å². The number of aliphatic hydroxyl groups is 1. The zero-order chi connectivity index (χ0) is 9.90. The molecule has 1 unspecified atom stereocenters. The van der Waals surface area contributed by atoms with Crippen LogP contribution in [-0.4, -0.2) is 11.2 Å². The summed E-state index contributed by atoms with van der Waals surface area (Å²) >= 11 is 0. The molecule has 1 N–H and O–H groups in total. The van der Waals surface area contributed by atoms with E-state index < -0.39 is 0 Å². The SMILES string of the molecule is C#CCC(O)C1CCC(C)(C)CC1. The smallest absolute Gasteiger partial charge is 0.0677 e. The maximum atomic E-state index is 9.70. The first kappa shape index (κ1) is 10.6. The summed E-state index contributed by atoms with van der Waals surface area (Å²) in [6, 6.07) is 0. The second kappa shape index (κ2) is 4.15. The minimum absolute atomic E-state index is 0.263. The molecule has 0 amide bonds. The molecule has 13 heavy (non-hydrogen) atoms. The van der Waals surface area contributed by atoms with Gasteiger partial charge in [0.1, 0.15) is 0 Å². The van der Waals surface area contributed by atoms with E-state index in [-0.39, 0.29) is 6.10 Å². The molecule has 1 rings (SSSR count). The highest BCUT2D eigenvalue weighted by molar-refractivity contribution is 4.91. The number of rotatable bonds is 2. The summed E-state index contributed by atoms with van der Waals surface area (Å²) < 4.78 is 0. The summed E-state index contributed by atoms with van der Waals surface area (Å²) in [6.07, 6.45) is 10.1. The lowest BCUT2D eigenvalue weighted by atomic mass is 9.71. The monoisotopic (exact) mass is 180 g/mol. The molecule has 1 atom stereocenters. The highest BCUT2D eigenvalue weighted by Gasteiger charge is 2.29. The van der Waals surface area contributed by atoms with Gasteiger partial charge in [-0.3, -0.25) is 0 Å². The molecule has 0 heterocycles. The normalized spacial score (nSPS) is 25.1. The molecule has 74 valence electrons. The summed E-state index contributed by atoms with van der Waals surface area (Å²) in [7, 11) is 0. The topological polar surface area (TPSA) is 20.2 Å². The van der Waals surface area contributed by atoms with Gasteiger partial charge in [0.2, 0.25) is 0 Å². The van der Waals surface area contributed by atoms with Crippen molar-refractivity contribution in [1.29, 1.82) is 0 Å². The first-order chi connectivity index (χ1) is 6.05. The third-order valence-electron chi connectivity index (χ3n) is 3.25. The fourth-order valence-corrected chi connectivity index (χ4v) is 2.09. The minimum Gasteiger partial charge on any atom is -0.392 e.